The van der Waals surface area contributed by atoms with E-state index in [0.29, 0.717) is 0 Å². The maximum absolute atomic E-state index is 12.1. The van der Waals surface area contributed by atoms with E-state index in [9.17, 15) is 4.79 Å². The molecule has 1 N–H and O–H groups in total. The zero-order valence-corrected chi connectivity index (χ0v) is 15.9. The predicted octanol–water partition coefficient (Wildman–Crippen LogP) is 5.37. The fraction of sp³-hybridized carbons (Fsp3) is 0.350. The van der Waals surface area contributed by atoms with Crippen LogP contribution >= 0.6 is 15.9 Å². The molecule has 0 fully saturated rings. The van der Waals surface area contributed by atoms with Crippen LogP contribution in [0.3, 0.4) is 0 Å². The van der Waals surface area contributed by atoms with Crippen LogP contribution in [0.15, 0.2) is 46.9 Å². The lowest BCUT2D eigenvalue weighted by Crippen LogP contribution is -2.20. The Kier molecular flexibility index (Phi) is 7.32. The summed E-state index contributed by atoms with van der Waals surface area (Å²) in [5, 5.41) is 2.89. The number of carbonyl (C=O) groups excluding carboxylic acids is 1. The first-order valence-electron chi connectivity index (χ1n) is 8.43. The van der Waals surface area contributed by atoms with Crippen LogP contribution in [0.4, 0.5) is 5.69 Å². The zero-order valence-electron chi connectivity index (χ0n) is 14.3. The molecule has 2 aromatic carbocycles. The topological polar surface area (TPSA) is 38.3 Å². The van der Waals surface area contributed by atoms with Gasteiger partial charge in [0.25, 0.3) is 5.91 Å². The first-order valence-corrected chi connectivity index (χ1v) is 9.22. The average molecular weight is 390 g/mol. The normalized spacial score (nSPS) is 10.5. The van der Waals surface area contributed by atoms with Gasteiger partial charge >= 0.3 is 0 Å². The van der Waals surface area contributed by atoms with Crippen LogP contribution in [-0.2, 0) is 17.6 Å². The molecule has 2 rings (SSSR count). The SMILES string of the molecule is CCCCc1ccc(NC(=O)COc2ccccc2CC)c(Br)c1. The minimum absolute atomic E-state index is 0.00103. The number of aryl methyl sites for hydroxylation is 2. The Morgan fingerprint density at radius 2 is 1.96 bits per heavy atom. The van der Waals surface area contributed by atoms with E-state index >= 15 is 0 Å². The van der Waals surface area contributed by atoms with E-state index in [2.05, 4.69) is 47.2 Å². The average Bonchev–Trinajstić information content (AvgIpc) is 2.60. The molecule has 0 radical (unpaired) electrons. The van der Waals surface area contributed by atoms with Gasteiger partial charge in [-0.1, -0.05) is 44.5 Å². The number of amides is 1. The molecule has 0 saturated carbocycles. The molecule has 2 aromatic rings. The van der Waals surface area contributed by atoms with E-state index in [1.807, 2.05) is 30.3 Å². The van der Waals surface area contributed by atoms with Gasteiger partial charge in [0.15, 0.2) is 6.61 Å². The highest BCUT2D eigenvalue weighted by Gasteiger charge is 2.09. The summed E-state index contributed by atoms with van der Waals surface area (Å²) in [6.45, 7) is 4.25. The Labute approximate surface area is 152 Å². The molecule has 0 spiro atoms. The Hall–Kier alpha value is -1.81. The van der Waals surface area contributed by atoms with Gasteiger partial charge in [-0.05, 0) is 64.5 Å². The highest BCUT2D eigenvalue weighted by atomic mass is 79.9. The molecule has 0 heterocycles. The van der Waals surface area contributed by atoms with E-state index < -0.39 is 0 Å². The number of hydrogen-bond acceptors (Lipinski definition) is 2. The number of benzene rings is 2. The van der Waals surface area contributed by atoms with E-state index in [4.69, 9.17) is 4.74 Å². The smallest absolute Gasteiger partial charge is 0.262 e. The molecule has 1 amide bonds. The summed E-state index contributed by atoms with van der Waals surface area (Å²) in [4.78, 5) is 12.1. The van der Waals surface area contributed by atoms with E-state index in [1.54, 1.807) is 0 Å². The Balaban J connectivity index is 1.92. The van der Waals surface area contributed by atoms with Gasteiger partial charge in [0.1, 0.15) is 5.75 Å². The number of nitrogens with one attached hydrogen (secondary N) is 1. The number of halogens is 1. The van der Waals surface area contributed by atoms with Crippen molar-refractivity contribution in [2.24, 2.45) is 0 Å². The van der Waals surface area contributed by atoms with Crippen LogP contribution in [0.1, 0.15) is 37.8 Å². The van der Waals surface area contributed by atoms with Crippen molar-refractivity contribution in [1.29, 1.82) is 0 Å². The van der Waals surface area contributed by atoms with Crippen molar-refractivity contribution in [3.05, 3.63) is 58.1 Å². The second-order valence-corrected chi connectivity index (χ2v) is 6.57. The van der Waals surface area contributed by atoms with Gasteiger partial charge in [0.2, 0.25) is 0 Å². The second kappa shape index (κ2) is 9.48. The van der Waals surface area contributed by atoms with Crippen LogP contribution in [0.25, 0.3) is 0 Å². The summed E-state index contributed by atoms with van der Waals surface area (Å²) in [5.41, 5.74) is 3.15. The van der Waals surface area contributed by atoms with Crippen molar-refractivity contribution in [3.8, 4) is 5.75 Å². The molecule has 128 valence electrons. The third-order valence-corrected chi connectivity index (χ3v) is 4.49. The first kappa shape index (κ1) is 18.5. The molecule has 4 heteroatoms. The molecular formula is C20H24BrNO2. The lowest BCUT2D eigenvalue weighted by Gasteiger charge is -2.12. The summed E-state index contributed by atoms with van der Waals surface area (Å²) in [7, 11) is 0. The Morgan fingerprint density at radius 1 is 1.17 bits per heavy atom. The van der Waals surface area contributed by atoms with Crippen molar-refractivity contribution in [2.75, 3.05) is 11.9 Å². The molecule has 0 atom stereocenters. The van der Waals surface area contributed by atoms with Crippen LogP contribution in [-0.4, -0.2) is 12.5 Å². The molecule has 3 nitrogen and oxygen atoms in total. The number of anilines is 1. The molecule has 0 unspecified atom stereocenters. The standard InChI is InChI=1S/C20H24BrNO2/c1-3-5-8-15-11-12-18(17(21)13-15)22-20(23)14-24-19-10-7-6-9-16(19)4-2/h6-7,9-13H,3-5,8,14H2,1-2H3,(H,22,23). The van der Waals surface area contributed by atoms with Gasteiger partial charge in [0, 0.05) is 4.47 Å². The summed E-state index contributed by atoms with van der Waals surface area (Å²) in [6, 6.07) is 13.9. The monoisotopic (exact) mass is 389 g/mol. The van der Waals surface area contributed by atoms with Crippen LogP contribution < -0.4 is 10.1 Å². The molecule has 0 aliphatic heterocycles. The van der Waals surface area contributed by atoms with Crippen LogP contribution in [0.2, 0.25) is 0 Å². The summed E-state index contributed by atoms with van der Waals surface area (Å²) in [6.07, 6.45) is 4.28. The molecule has 0 aromatic heterocycles. The predicted molar refractivity (Wildman–Crippen MR) is 103 cm³/mol. The number of unbranched alkanes of at least 4 members (excludes halogenated alkanes) is 1. The quantitative estimate of drug-likeness (QED) is 0.658. The summed E-state index contributed by atoms with van der Waals surface area (Å²) < 4.78 is 6.55. The largest absolute Gasteiger partial charge is 0.483 e. The van der Waals surface area contributed by atoms with Gasteiger partial charge in [-0.25, -0.2) is 0 Å². The van der Waals surface area contributed by atoms with Gasteiger partial charge in [-0.2, -0.15) is 0 Å². The molecule has 0 aliphatic carbocycles. The van der Waals surface area contributed by atoms with Crippen LogP contribution in [0.5, 0.6) is 5.75 Å². The molecule has 0 aliphatic rings. The Morgan fingerprint density at radius 3 is 2.67 bits per heavy atom. The Bertz CT molecular complexity index is 685. The maximum atomic E-state index is 12.1. The second-order valence-electron chi connectivity index (χ2n) is 5.72. The van der Waals surface area contributed by atoms with Crippen molar-refractivity contribution in [1.82, 2.24) is 0 Å². The van der Waals surface area contributed by atoms with Crippen molar-refractivity contribution < 1.29 is 9.53 Å². The first-order chi connectivity index (χ1) is 11.6. The van der Waals surface area contributed by atoms with Gasteiger partial charge in [-0.3, -0.25) is 4.79 Å². The number of hydrogen-bond donors (Lipinski definition) is 1. The number of rotatable bonds is 8. The third kappa shape index (κ3) is 5.38. The number of carbonyl (C=O) groups is 1. The molecule has 0 bridgehead atoms. The molecule has 24 heavy (non-hydrogen) atoms. The van der Waals surface area contributed by atoms with Gasteiger partial charge in [0.05, 0.1) is 5.69 Å². The fourth-order valence-electron chi connectivity index (χ4n) is 2.46. The van der Waals surface area contributed by atoms with Gasteiger partial charge < -0.3 is 10.1 Å². The summed E-state index contributed by atoms with van der Waals surface area (Å²) in [5.74, 6) is 0.604. The van der Waals surface area contributed by atoms with E-state index in [0.717, 1.165) is 34.3 Å². The van der Waals surface area contributed by atoms with Crippen molar-refractivity contribution in [2.45, 2.75) is 39.5 Å². The molecular weight excluding hydrogens is 366 g/mol. The van der Waals surface area contributed by atoms with Crippen LogP contribution in [0, 0.1) is 0 Å². The maximum Gasteiger partial charge on any atom is 0.262 e. The number of para-hydroxylation sites is 1. The highest BCUT2D eigenvalue weighted by molar-refractivity contribution is 9.10. The lowest BCUT2D eigenvalue weighted by atomic mass is 10.1. The zero-order chi connectivity index (χ0) is 17.4. The van der Waals surface area contributed by atoms with Crippen molar-refractivity contribution in [3.63, 3.8) is 0 Å². The number of ether oxygens (including phenoxy) is 1. The minimum atomic E-state index is -0.164. The fourth-order valence-corrected chi connectivity index (χ4v) is 2.99. The lowest BCUT2D eigenvalue weighted by molar-refractivity contribution is -0.118. The third-order valence-electron chi connectivity index (χ3n) is 3.84. The summed E-state index contributed by atoms with van der Waals surface area (Å²) >= 11 is 3.53. The van der Waals surface area contributed by atoms with Gasteiger partial charge in [-0.15, -0.1) is 0 Å². The highest BCUT2D eigenvalue weighted by Crippen LogP contribution is 2.25. The molecule has 0 saturated heterocycles. The minimum Gasteiger partial charge on any atom is -0.483 e. The van der Waals surface area contributed by atoms with Crippen molar-refractivity contribution >= 4 is 27.5 Å². The van der Waals surface area contributed by atoms with E-state index in [1.165, 1.54) is 18.4 Å². The van der Waals surface area contributed by atoms with E-state index in [-0.39, 0.29) is 12.5 Å².